The maximum atomic E-state index is 14.0. The topological polar surface area (TPSA) is 116 Å². The van der Waals surface area contributed by atoms with Gasteiger partial charge in [0.15, 0.2) is 0 Å². The van der Waals surface area contributed by atoms with Gasteiger partial charge in [0, 0.05) is 17.8 Å². The number of nitrogens with zero attached hydrogens (tertiary/aromatic N) is 3. The highest BCUT2D eigenvalue weighted by molar-refractivity contribution is 6.08. The Hall–Kier alpha value is -4.08. The summed E-state index contributed by atoms with van der Waals surface area (Å²) in [6.07, 6.45) is 12.6. The van der Waals surface area contributed by atoms with Crippen LogP contribution in [-0.2, 0) is 16.1 Å². The Morgan fingerprint density at radius 2 is 1.55 bits per heavy atom. The second-order valence-corrected chi connectivity index (χ2v) is 11.9. The van der Waals surface area contributed by atoms with Gasteiger partial charge in [-0.15, -0.1) is 0 Å². The summed E-state index contributed by atoms with van der Waals surface area (Å²) in [5.41, 5.74) is 4.61. The molecule has 1 fully saturated rings. The van der Waals surface area contributed by atoms with Crippen molar-refractivity contribution < 1.29 is 19.6 Å². The largest absolute Gasteiger partial charge is 0.391 e. The number of amides is 2. The van der Waals surface area contributed by atoms with Crippen molar-refractivity contribution in [2.45, 2.75) is 89.4 Å². The van der Waals surface area contributed by atoms with Gasteiger partial charge in [-0.2, -0.15) is 0 Å². The molecule has 0 saturated carbocycles. The number of fused-ring (bicyclic) bond motifs is 2. The molecule has 2 amide bonds. The lowest BCUT2D eigenvalue weighted by atomic mass is 9.91. The zero-order valence-corrected chi connectivity index (χ0v) is 25.3. The van der Waals surface area contributed by atoms with Crippen molar-refractivity contribution in [3.63, 3.8) is 0 Å². The van der Waals surface area contributed by atoms with Crippen LogP contribution in [0.2, 0.25) is 0 Å². The van der Waals surface area contributed by atoms with Gasteiger partial charge in [-0.25, -0.2) is 5.01 Å². The SMILES string of the molecule is CCCCCCCCCC[C@H](O)C1C=CC2C(=O)N(Cc3cccc4ccccc34)C(=O)[C@H]2N1Nc1ccc([N+](=O)[O-])cc1. The molecule has 0 aliphatic carbocycles. The first-order valence-corrected chi connectivity index (χ1v) is 15.9. The van der Waals surface area contributed by atoms with Gasteiger partial charge in [0.25, 0.3) is 5.69 Å². The molecule has 44 heavy (non-hydrogen) atoms. The summed E-state index contributed by atoms with van der Waals surface area (Å²) in [5.74, 6) is -1.33. The van der Waals surface area contributed by atoms with E-state index in [9.17, 15) is 24.8 Å². The van der Waals surface area contributed by atoms with E-state index in [4.69, 9.17) is 0 Å². The molecule has 0 radical (unpaired) electrons. The number of non-ortho nitro benzene ring substituents is 1. The standard InChI is InChI=1S/C35H42N4O5/c1-2-3-4-5-6-7-8-9-17-32(40)31-23-22-30-33(38(31)36-27-18-20-28(21-19-27)39(43)44)35(42)37(34(30)41)24-26-15-12-14-25-13-10-11-16-29(25)26/h10-16,18-23,30-33,36,40H,2-9,17,24H2,1H3/t30?,31?,32-,33-/m0/s1. The smallest absolute Gasteiger partial charge is 0.269 e. The molecule has 0 bridgehead atoms. The van der Waals surface area contributed by atoms with Crippen LogP contribution in [0.5, 0.6) is 0 Å². The number of anilines is 1. The summed E-state index contributed by atoms with van der Waals surface area (Å²) in [4.78, 5) is 39.8. The summed E-state index contributed by atoms with van der Waals surface area (Å²) in [7, 11) is 0. The quantitative estimate of drug-likeness (QED) is 0.0653. The molecule has 0 spiro atoms. The Kier molecular flexibility index (Phi) is 10.4. The number of nitrogens with one attached hydrogen (secondary N) is 1. The third-order valence-corrected chi connectivity index (χ3v) is 8.84. The van der Waals surface area contributed by atoms with Crippen LogP contribution in [0.1, 0.15) is 70.3 Å². The molecule has 1 saturated heterocycles. The Labute approximate surface area is 258 Å². The summed E-state index contributed by atoms with van der Waals surface area (Å²) in [5, 5.41) is 26.3. The second kappa shape index (κ2) is 14.6. The van der Waals surface area contributed by atoms with Gasteiger partial charge >= 0.3 is 0 Å². The van der Waals surface area contributed by atoms with Crippen molar-refractivity contribution >= 4 is 34.0 Å². The molecule has 3 aromatic carbocycles. The minimum Gasteiger partial charge on any atom is -0.391 e. The second-order valence-electron chi connectivity index (χ2n) is 11.9. The zero-order chi connectivity index (χ0) is 31.1. The van der Waals surface area contributed by atoms with Gasteiger partial charge < -0.3 is 10.5 Å². The van der Waals surface area contributed by atoms with Crippen molar-refractivity contribution in [3.05, 3.63) is 94.6 Å². The van der Waals surface area contributed by atoms with E-state index in [1.807, 2.05) is 48.5 Å². The number of hydrogen-bond donors (Lipinski definition) is 2. The highest BCUT2D eigenvalue weighted by Gasteiger charge is 2.53. The van der Waals surface area contributed by atoms with Crippen LogP contribution in [-0.4, -0.2) is 49.9 Å². The lowest BCUT2D eigenvalue weighted by Crippen LogP contribution is -2.57. The van der Waals surface area contributed by atoms with E-state index >= 15 is 0 Å². The van der Waals surface area contributed by atoms with E-state index in [0.29, 0.717) is 12.1 Å². The fourth-order valence-corrected chi connectivity index (χ4v) is 6.41. The minimum atomic E-state index is -0.865. The van der Waals surface area contributed by atoms with Gasteiger partial charge in [0.1, 0.15) is 6.04 Å². The molecule has 3 aromatic rings. The number of aliphatic hydroxyl groups excluding tert-OH is 1. The first kappa shape index (κ1) is 31.3. The molecule has 2 aliphatic rings. The Balaban J connectivity index is 1.34. The maximum absolute atomic E-state index is 14.0. The number of hydrogen-bond acceptors (Lipinski definition) is 7. The number of unbranched alkanes of at least 4 members (excludes halogenated alkanes) is 7. The average molecular weight is 599 g/mol. The van der Waals surface area contributed by atoms with Gasteiger partial charge in [-0.3, -0.25) is 24.6 Å². The Morgan fingerprint density at radius 3 is 2.27 bits per heavy atom. The van der Waals surface area contributed by atoms with Crippen molar-refractivity contribution in [3.8, 4) is 0 Å². The Bertz CT molecular complexity index is 1480. The van der Waals surface area contributed by atoms with Crippen LogP contribution in [0.3, 0.4) is 0 Å². The normalized spacial score (nSPS) is 20.7. The molecule has 2 N–H and O–H groups in total. The van der Waals surface area contributed by atoms with Crippen LogP contribution in [0, 0.1) is 16.0 Å². The van der Waals surface area contributed by atoms with Crippen LogP contribution < -0.4 is 5.43 Å². The van der Waals surface area contributed by atoms with Gasteiger partial charge in [0.2, 0.25) is 11.8 Å². The first-order valence-electron chi connectivity index (χ1n) is 15.9. The fourth-order valence-electron chi connectivity index (χ4n) is 6.41. The molecule has 0 aromatic heterocycles. The highest BCUT2D eigenvalue weighted by atomic mass is 16.6. The number of nitro benzene ring substituents is 1. The number of aliphatic hydroxyl groups is 1. The molecule has 5 rings (SSSR count). The van der Waals surface area contributed by atoms with Crippen LogP contribution in [0.4, 0.5) is 11.4 Å². The predicted octanol–water partition coefficient (Wildman–Crippen LogP) is 6.76. The monoisotopic (exact) mass is 598 g/mol. The van der Waals surface area contributed by atoms with E-state index in [1.165, 1.54) is 49.1 Å². The molecular weight excluding hydrogens is 556 g/mol. The molecule has 9 heteroatoms. The lowest BCUT2D eigenvalue weighted by Gasteiger charge is -2.40. The average Bonchev–Trinajstić information content (AvgIpc) is 3.27. The number of hydrazine groups is 1. The molecule has 2 heterocycles. The van der Waals surface area contributed by atoms with Gasteiger partial charge in [-0.05, 0) is 34.9 Å². The number of imide groups is 1. The van der Waals surface area contributed by atoms with E-state index in [1.54, 1.807) is 23.2 Å². The van der Waals surface area contributed by atoms with Crippen LogP contribution in [0.25, 0.3) is 10.8 Å². The van der Waals surface area contributed by atoms with Crippen molar-refractivity contribution in [2.75, 3.05) is 5.43 Å². The molecule has 2 unspecified atom stereocenters. The molecule has 2 aliphatic heterocycles. The first-order chi connectivity index (χ1) is 21.4. The van der Waals surface area contributed by atoms with Crippen molar-refractivity contribution in [1.29, 1.82) is 0 Å². The third kappa shape index (κ3) is 7.00. The number of nitro groups is 1. The molecule has 4 atom stereocenters. The maximum Gasteiger partial charge on any atom is 0.269 e. The van der Waals surface area contributed by atoms with Crippen LogP contribution in [0.15, 0.2) is 78.9 Å². The summed E-state index contributed by atoms with van der Waals surface area (Å²) >= 11 is 0. The highest BCUT2D eigenvalue weighted by Crippen LogP contribution is 2.35. The molecular formula is C35H42N4O5. The molecule has 9 nitrogen and oxygen atoms in total. The van der Waals surface area contributed by atoms with Gasteiger partial charge in [-0.1, -0.05) is 113 Å². The van der Waals surface area contributed by atoms with E-state index in [-0.39, 0.29) is 24.0 Å². The lowest BCUT2D eigenvalue weighted by molar-refractivity contribution is -0.384. The van der Waals surface area contributed by atoms with E-state index < -0.39 is 29.0 Å². The number of likely N-dealkylation sites (tertiary alicyclic amines) is 1. The van der Waals surface area contributed by atoms with Crippen molar-refractivity contribution in [1.82, 2.24) is 9.91 Å². The fraction of sp³-hybridized carbons (Fsp3) is 0.429. The summed E-state index contributed by atoms with van der Waals surface area (Å²) < 4.78 is 0. The van der Waals surface area contributed by atoms with E-state index in [0.717, 1.165) is 35.6 Å². The Morgan fingerprint density at radius 1 is 0.864 bits per heavy atom. The number of carbonyl (C=O) groups is 2. The van der Waals surface area contributed by atoms with Gasteiger partial charge in [0.05, 0.1) is 29.5 Å². The summed E-state index contributed by atoms with van der Waals surface area (Å²) in [6.45, 7) is 2.36. The van der Waals surface area contributed by atoms with E-state index in [2.05, 4.69) is 12.3 Å². The number of carbonyl (C=O) groups excluding carboxylic acids is 2. The minimum absolute atomic E-state index is 0.0494. The third-order valence-electron chi connectivity index (χ3n) is 8.84. The summed E-state index contributed by atoms with van der Waals surface area (Å²) in [6, 6.07) is 18.2. The van der Waals surface area contributed by atoms with Crippen LogP contribution >= 0.6 is 0 Å². The number of rotatable bonds is 15. The predicted molar refractivity (Wildman–Crippen MR) is 172 cm³/mol. The molecule has 232 valence electrons. The zero-order valence-electron chi connectivity index (χ0n) is 25.3. The van der Waals surface area contributed by atoms with Crippen molar-refractivity contribution in [2.24, 2.45) is 5.92 Å². The number of benzene rings is 3.